The van der Waals surface area contributed by atoms with Gasteiger partial charge in [-0.3, -0.25) is 4.79 Å². The highest BCUT2D eigenvalue weighted by atomic mass is 32.2. The van der Waals surface area contributed by atoms with Crippen molar-refractivity contribution in [3.05, 3.63) is 24.3 Å². The van der Waals surface area contributed by atoms with Crippen LogP contribution < -0.4 is 10.6 Å². The van der Waals surface area contributed by atoms with Crippen molar-refractivity contribution in [2.75, 3.05) is 24.7 Å². The van der Waals surface area contributed by atoms with E-state index >= 15 is 0 Å². The molecule has 1 aromatic carbocycles. The molecule has 16 heavy (non-hydrogen) atoms. The number of carbonyl (C=O) groups is 1. The van der Waals surface area contributed by atoms with E-state index in [1.54, 1.807) is 19.2 Å². The Balaban J connectivity index is 3.00. The molecule has 1 rings (SSSR count). The Hall–Kier alpha value is -1.40. The van der Waals surface area contributed by atoms with Crippen LogP contribution in [0.2, 0.25) is 0 Å². The predicted octanol–water partition coefficient (Wildman–Crippen LogP) is 0.0116. The van der Waals surface area contributed by atoms with Gasteiger partial charge in [0.15, 0.2) is 9.84 Å². The molecule has 0 aliphatic heterocycles. The topological polar surface area (TPSA) is 80.5 Å². The zero-order valence-electron chi connectivity index (χ0n) is 9.17. The van der Waals surface area contributed by atoms with Crippen LogP contribution in [0.1, 0.15) is 0 Å². The number of rotatable bonds is 3. The maximum absolute atomic E-state index is 11.3. The number of hydrogen-bond acceptors (Lipinski definition) is 4. The van der Waals surface area contributed by atoms with Crippen molar-refractivity contribution in [3.8, 4) is 0 Å². The second-order valence-corrected chi connectivity index (χ2v) is 5.44. The average molecular weight is 242 g/mol. The molecule has 2 N–H and O–H groups in total. The first-order chi connectivity index (χ1) is 7.36. The quantitative estimate of drug-likeness (QED) is 0.809. The third-order valence-electron chi connectivity index (χ3n) is 2.20. The van der Waals surface area contributed by atoms with Crippen molar-refractivity contribution in [1.82, 2.24) is 0 Å². The molecule has 0 unspecified atom stereocenters. The van der Waals surface area contributed by atoms with Gasteiger partial charge in [-0.15, -0.1) is 0 Å². The fourth-order valence-corrected chi connectivity index (χ4v) is 1.83. The van der Waals surface area contributed by atoms with Crippen LogP contribution in [0.3, 0.4) is 0 Å². The van der Waals surface area contributed by atoms with Gasteiger partial charge in [-0.2, -0.15) is 0 Å². The minimum absolute atomic E-state index is 0.0790. The summed E-state index contributed by atoms with van der Waals surface area (Å²) in [4.78, 5) is 12.9. The summed E-state index contributed by atoms with van der Waals surface area (Å²) in [6.45, 7) is -0.0790. The van der Waals surface area contributed by atoms with Gasteiger partial charge in [-0.05, 0) is 24.3 Å². The van der Waals surface area contributed by atoms with Crippen LogP contribution in [0.25, 0.3) is 0 Å². The number of likely N-dealkylation sites (N-methyl/N-ethyl adjacent to an activating group) is 1. The molecule has 0 radical (unpaired) electrons. The average Bonchev–Trinajstić information content (AvgIpc) is 2.26. The Morgan fingerprint density at radius 3 is 2.19 bits per heavy atom. The van der Waals surface area contributed by atoms with Crippen LogP contribution in [0.15, 0.2) is 29.2 Å². The zero-order chi connectivity index (χ0) is 12.3. The molecule has 0 saturated carbocycles. The molecule has 0 bridgehead atoms. The highest BCUT2D eigenvalue weighted by Crippen LogP contribution is 2.16. The van der Waals surface area contributed by atoms with Gasteiger partial charge in [0, 0.05) is 19.0 Å². The molecule has 0 heterocycles. The Morgan fingerprint density at radius 2 is 1.81 bits per heavy atom. The van der Waals surface area contributed by atoms with Gasteiger partial charge in [-0.25, -0.2) is 8.42 Å². The number of carbonyl (C=O) groups excluding carboxylic acids is 1. The molecule has 1 aromatic rings. The molecule has 0 saturated heterocycles. The monoisotopic (exact) mass is 242 g/mol. The molecule has 0 spiro atoms. The molecule has 0 fully saturated rings. The van der Waals surface area contributed by atoms with Crippen molar-refractivity contribution in [2.45, 2.75) is 4.90 Å². The molecular weight excluding hydrogens is 228 g/mol. The Kier molecular flexibility index (Phi) is 3.66. The number of hydrogen-bond donors (Lipinski definition) is 1. The van der Waals surface area contributed by atoms with E-state index in [0.717, 1.165) is 6.26 Å². The molecule has 5 nitrogen and oxygen atoms in total. The molecule has 0 aliphatic rings. The van der Waals surface area contributed by atoms with Gasteiger partial charge in [-0.1, -0.05) is 0 Å². The Bertz CT molecular complexity index is 479. The van der Waals surface area contributed by atoms with Crippen LogP contribution in [-0.4, -0.2) is 34.2 Å². The minimum Gasteiger partial charge on any atom is -0.322 e. The minimum atomic E-state index is -3.20. The Labute approximate surface area is 94.8 Å². The third kappa shape index (κ3) is 2.80. The number of anilines is 1. The van der Waals surface area contributed by atoms with Crippen molar-refractivity contribution < 1.29 is 13.2 Å². The first-order valence-electron chi connectivity index (χ1n) is 4.63. The normalized spacial score (nSPS) is 11.2. The van der Waals surface area contributed by atoms with E-state index in [0.29, 0.717) is 5.69 Å². The van der Waals surface area contributed by atoms with Crippen molar-refractivity contribution in [2.24, 2.45) is 5.73 Å². The second-order valence-electron chi connectivity index (χ2n) is 3.42. The summed E-state index contributed by atoms with van der Waals surface area (Å²) in [6.07, 6.45) is 1.14. The van der Waals surface area contributed by atoms with E-state index in [2.05, 4.69) is 0 Å². The largest absolute Gasteiger partial charge is 0.322 e. The fraction of sp³-hybridized carbons (Fsp3) is 0.300. The molecule has 88 valence electrons. The Morgan fingerprint density at radius 1 is 1.31 bits per heavy atom. The number of benzene rings is 1. The second kappa shape index (κ2) is 4.63. The number of nitrogens with two attached hydrogens (primary N) is 1. The summed E-state index contributed by atoms with van der Waals surface area (Å²) in [5.41, 5.74) is 5.84. The smallest absolute Gasteiger partial charge is 0.240 e. The number of sulfone groups is 1. The first-order valence-corrected chi connectivity index (χ1v) is 6.52. The highest BCUT2D eigenvalue weighted by Gasteiger charge is 2.10. The maximum atomic E-state index is 11.3. The van der Waals surface area contributed by atoms with E-state index in [1.165, 1.54) is 17.0 Å². The third-order valence-corrected chi connectivity index (χ3v) is 3.33. The lowest BCUT2D eigenvalue weighted by Gasteiger charge is -2.16. The van der Waals surface area contributed by atoms with Gasteiger partial charge < -0.3 is 10.6 Å². The standard InChI is InChI=1S/C10H14N2O3S/c1-12(10(13)7-11)8-3-5-9(6-4-8)16(2,14)15/h3-6H,7,11H2,1-2H3. The van der Waals surface area contributed by atoms with Crippen LogP contribution in [0.4, 0.5) is 5.69 Å². The summed E-state index contributed by atoms with van der Waals surface area (Å²) in [7, 11) is -1.61. The van der Waals surface area contributed by atoms with Crippen LogP contribution in [0, 0.1) is 0 Å². The van der Waals surface area contributed by atoms with E-state index in [4.69, 9.17) is 5.73 Å². The van der Waals surface area contributed by atoms with Crippen LogP contribution in [-0.2, 0) is 14.6 Å². The maximum Gasteiger partial charge on any atom is 0.240 e. The zero-order valence-corrected chi connectivity index (χ0v) is 9.99. The SMILES string of the molecule is CN(C(=O)CN)c1ccc(S(C)(=O)=O)cc1. The molecule has 0 atom stereocenters. The fourth-order valence-electron chi connectivity index (χ4n) is 1.20. The van der Waals surface area contributed by atoms with E-state index in [-0.39, 0.29) is 17.3 Å². The first kappa shape index (κ1) is 12.7. The summed E-state index contributed by atoms with van der Waals surface area (Å²) < 4.78 is 22.4. The molecule has 0 aliphatic carbocycles. The lowest BCUT2D eigenvalue weighted by Crippen LogP contribution is -2.32. The lowest BCUT2D eigenvalue weighted by molar-refractivity contribution is -0.117. The summed E-state index contributed by atoms with van der Waals surface area (Å²) in [6, 6.07) is 6.07. The number of amides is 1. The van der Waals surface area contributed by atoms with Crippen molar-refractivity contribution in [1.29, 1.82) is 0 Å². The van der Waals surface area contributed by atoms with E-state index in [1.807, 2.05) is 0 Å². The van der Waals surface area contributed by atoms with Gasteiger partial charge in [0.25, 0.3) is 0 Å². The summed E-state index contributed by atoms with van der Waals surface area (Å²) in [5, 5.41) is 0. The van der Waals surface area contributed by atoms with Gasteiger partial charge >= 0.3 is 0 Å². The summed E-state index contributed by atoms with van der Waals surface area (Å²) in [5.74, 6) is -0.230. The van der Waals surface area contributed by atoms with Crippen molar-refractivity contribution >= 4 is 21.4 Å². The van der Waals surface area contributed by atoms with Gasteiger partial charge in [0.1, 0.15) is 0 Å². The lowest BCUT2D eigenvalue weighted by atomic mass is 10.3. The van der Waals surface area contributed by atoms with Gasteiger partial charge in [0.05, 0.1) is 11.4 Å². The summed E-state index contributed by atoms with van der Waals surface area (Å²) >= 11 is 0. The molecular formula is C10H14N2O3S. The van der Waals surface area contributed by atoms with Crippen LogP contribution >= 0.6 is 0 Å². The van der Waals surface area contributed by atoms with Gasteiger partial charge in [0.2, 0.25) is 5.91 Å². The number of nitrogens with zero attached hydrogens (tertiary/aromatic N) is 1. The van der Waals surface area contributed by atoms with Crippen LogP contribution in [0.5, 0.6) is 0 Å². The van der Waals surface area contributed by atoms with E-state index in [9.17, 15) is 13.2 Å². The predicted molar refractivity (Wildman–Crippen MR) is 62.0 cm³/mol. The molecule has 0 aromatic heterocycles. The molecule has 1 amide bonds. The highest BCUT2D eigenvalue weighted by molar-refractivity contribution is 7.90. The molecule has 6 heteroatoms. The van der Waals surface area contributed by atoms with Crippen molar-refractivity contribution in [3.63, 3.8) is 0 Å². The van der Waals surface area contributed by atoms with E-state index < -0.39 is 9.84 Å².